The van der Waals surface area contributed by atoms with Crippen LogP contribution in [-0.2, 0) is 20.9 Å². The van der Waals surface area contributed by atoms with Gasteiger partial charge in [0.25, 0.3) is 0 Å². The number of carbonyl (C=O) groups is 2. The normalized spacial score (nSPS) is 17.0. The van der Waals surface area contributed by atoms with Crippen molar-refractivity contribution in [3.63, 3.8) is 0 Å². The van der Waals surface area contributed by atoms with E-state index in [0.29, 0.717) is 37.7 Å². The molecule has 1 aliphatic rings. The largest absolute Gasteiger partial charge is 0.493 e. The maximum Gasteiger partial charge on any atom is 0.225 e. The lowest BCUT2D eigenvalue weighted by molar-refractivity contribution is -0.129. The van der Waals surface area contributed by atoms with E-state index in [1.165, 1.54) is 0 Å². The number of methoxy groups -OCH3 is 3. The number of nitrogens with zero attached hydrogens (tertiary/aromatic N) is 1. The molecule has 0 spiro atoms. The number of likely N-dealkylation sites (tertiary alicyclic amines) is 1. The smallest absolute Gasteiger partial charge is 0.225 e. The molecule has 0 radical (unpaired) electrons. The molecule has 7 nitrogen and oxygen atoms in total. The summed E-state index contributed by atoms with van der Waals surface area (Å²) in [5.74, 6) is 0.833. The van der Waals surface area contributed by atoms with Gasteiger partial charge in [-0.2, -0.15) is 0 Å². The molecule has 0 saturated carbocycles. The van der Waals surface area contributed by atoms with Crippen molar-refractivity contribution < 1.29 is 23.8 Å². The van der Waals surface area contributed by atoms with Crippen LogP contribution in [0.25, 0.3) is 0 Å². The van der Waals surface area contributed by atoms with E-state index in [4.69, 9.17) is 14.2 Å². The molecule has 2 amide bonds. The van der Waals surface area contributed by atoms with Gasteiger partial charge in [-0.05, 0) is 17.7 Å². The molecule has 0 aliphatic carbocycles. The molecule has 2 rings (SSSR count). The van der Waals surface area contributed by atoms with E-state index in [1.54, 1.807) is 32.3 Å². The fourth-order valence-corrected chi connectivity index (χ4v) is 2.69. The third kappa shape index (κ3) is 4.38. The summed E-state index contributed by atoms with van der Waals surface area (Å²) < 4.78 is 15.4. The first kappa shape index (κ1) is 18.1. The zero-order chi connectivity index (χ0) is 17.5. The highest BCUT2D eigenvalue weighted by atomic mass is 16.5. The number of hydrogen-bond donors (Lipinski definition) is 1. The van der Waals surface area contributed by atoms with Crippen LogP contribution in [0.4, 0.5) is 0 Å². The summed E-state index contributed by atoms with van der Waals surface area (Å²) in [5, 5.41) is 2.88. The predicted molar refractivity (Wildman–Crippen MR) is 88.0 cm³/mol. The molecule has 1 heterocycles. The van der Waals surface area contributed by atoms with Crippen LogP contribution >= 0.6 is 0 Å². The zero-order valence-electron chi connectivity index (χ0n) is 14.3. The first-order chi connectivity index (χ1) is 11.6. The lowest BCUT2D eigenvalue weighted by atomic mass is 10.1. The minimum Gasteiger partial charge on any atom is -0.493 e. The van der Waals surface area contributed by atoms with Gasteiger partial charge in [-0.1, -0.05) is 6.07 Å². The van der Waals surface area contributed by atoms with Crippen LogP contribution in [-0.4, -0.2) is 57.7 Å². The van der Waals surface area contributed by atoms with Gasteiger partial charge in [-0.25, -0.2) is 0 Å². The molecule has 0 bridgehead atoms. The summed E-state index contributed by atoms with van der Waals surface area (Å²) in [6.07, 6.45) is 0.251. The number of hydrogen-bond acceptors (Lipinski definition) is 5. The van der Waals surface area contributed by atoms with Gasteiger partial charge in [0.05, 0.1) is 26.7 Å². The molecule has 1 aromatic carbocycles. The van der Waals surface area contributed by atoms with E-state index in [9.17, 15) is 9.59 Å². The summed E-state index contributed by atoms with van der Waals surface area (Å²) in [6.45, 7) is 1.82. The van der Waals surface area contributed by atoms with Gasteiger partial charge in [0.2, 0.25) is 11.8 Å². The number of carbonyl (C=O) groups excluding carboxylic acids is 2. The first-order valence-corrected chi connectivity index (χ1v) is 7.84. The Kier molecular flexibility index (Phi) is 6.43. The molecular formula is C17H24N2O5. The lowest BCUT2D eigenvalue weighted by Gasteiger charge is -2.16. The van der Waals surface area contributed by atoms with E-state index >= 15 is 0 Å². The molecule has 24 heavy (non-hydrogen) atoms. The first-order valence-electron chi connectivity index (χ1n) is 7.84. The van der Waals surface area contributed by atoms with E-state index < -0.39 is 0 Å². The molecule has 1 aromatic rings. The van der Waals surface area contributed by atoms with Crippen molar-refractivity contribution in [3.8, 4) is 11.5 Å². The summed E-state index contributed by atoms with van der Waals surface area (Å²) in [6, 6.07) is 5.49. The van der Waals surface area contributed by atoms with Gasteiger partial charge in [-0.3, -0.25) is 9.59 Å². The summed E-state index contributed by atoms with van der Waals surface area (Å²) in [7, 11) is 4.73. The molecule has 1 fully saturated rings. The summed E-state index contributed by atoms with van der Waals surface area (Å²) in [4.78, 5) is 25.8. The van der Waals surface area contributed by atoms with Crippen molar-refractivity contribution >= 4 is 11.8 Å². The number of benzene rings is 1. The zero-order valence-corrected chi connectivity index (χ0v) is 14.3. The van der Waals surface area contributed by atoms with Gasteiger partial charge in [-0.15, -0.1) is 0 Å². The molecule has 1 N–H and O–H groups in total. The minimum absolute atomic E-state index is 0.00156. The standard InChI is InChI=1S/C17H24N2O5/c1-22-7-6-19-11-13(9-16(19)20)17(21)18-10-12-4-5-14(23-2)15(8-12)24-3/h4-5,8,13H,6-7,9-11H2,1-3H3,(H,18,21)/t13-/m1/s1. The topological polar surface area (TPSA) is 77.1 Å². The Balaban J connectivity index is 1.88. The fraction of sp³-hybridized carbons (Fsp3) is 0.529. The quantitative estimate of drug-likeness (QED) is 0.760. The Bertz CT molecular complexity index is 590. The third-order valence-corrected chi connectivity index (χ3v) is 4.07. The molecule has 7 heteroatoms. The Morgan fingerprint density at radius 3 is 2.67 bits per heavy atom. The van der Waals surface area contributed by atoms with E-state index in [2.05, 4.69) is 5.32 Å². The second-order valence-corrected chi connectivity index (χ2v) is 5.64. The van der Waals surface area contributed by atoms with E-state index in [0.717, 1.165) is 5.56 Å². The Morgan fingerprint density at radius 2 is 2.00 bits per heavy atom. The van der Waals surface area contributed by atoms with Gasteiger partial charge >= 0.3 is 0 Å². The molecular weight excluding hydrogens is 312 g/mol. The minimum atomic E-state index is -0.311. The predicted octanol–water partition coefficient (Wildman–Crippen LogP) is 0.815. The molecule has 1 saturated heterocycles. The van der Waals surface area contributed by atoms with Crippen molar-refractivity contribution in [2.24, 2.45) is 5.92 Å². The number of amides is 2. The van der Waals surface area contributed by atoms with Crippen LogP contribution in [0.1, 0.15) is 12.0 Å². The van der Waals surface area contributed by atoms with Gasteiger partial charge in [0.1, 0.15) is 0 Å². The number of ether oxygens (including phenoxy) is 3. The Labute approximate surface area is 141 Å². The van der Waals surface area contributed by atoms with Crippen molar-refractivity contribution in [1.29, 1.82) is 0 Å². The van der Waals surface area contributed by atoms with Crippen LogP contribution in [0.15, 0.2) is 18.2 Å². The maximum absolute atomic E-state index is 12.3. The van der Waals surface area contributed by atoms with E-state index in [1.807, 2.05) is 12.1 Å². The average Bonchev–Trinajstić information content (AvgIpc) is 2.98. The summed E-state index contributed by atoms with van der Waals surface area (Å²) in [5.41, 5.74) is 0.904. The Hall–Kier alpha value is -2.28. The average molecular weight is 336 g/mol. The Morgan fingerprint density at radius 1 is 1.25 bits per heavy atom. The van der Waals surface area contributed by atoms with Crippen molar-refractivity contribution in [1.82, 2.24) is 10.2 Å². The monoisotopic (exact) mass is 336 g/mol. The fourth-order valence-electron chi connectivity index (χ4n) is 2.69. The van der Waals surface area contributed by atoms with Crippen molar-refractivity contribution in [2.45, 2.75) is 13.0 Å². The second-order valence-electron chi connectivity index (χ2n) is 5.64. The summed E-state index contributed by atoms with van der Waals surface area (Å²) >= 11 is 0. The van der Waals surface area contributed by atoms with Gasteiger partial charge in [0.15, 0.2) is 11.5 Å². The van der Waals surface area contributed by atoms with Crippen LogP contribution in [0.5, 0.6) is 11.5 Å². The van der Waals surface area contributed by atoms with Crippen LogP contribution < -0.4 is 14.8 Å². The third-order valence-electron chi connectivity index (χ3n) is 4.07. The van der Waals surface area contributed by atoms with E-state index in [-0.39, 0.29) is 24.2 Å². The number of nitrogens with one attached hydrogen (secondary N) is 1. The maximum atomic E-state index is 12.3. The highest BCUT2D eigenvalue weighted by Crippen LogP contribution is 2.27. The number of rotatable bonds is 8. The van der Waals surface area contributed by atoms with Gasteiger partial charge in [0, 0.05) is 33.2 Å². The highest BCUT2D eigenvalue weighted by molar-refractivity contribution is 5.89. The molecule has 1 atom stereocenters. The van der Waals surface area contributed by atoms with Crippen LogP contribution in [0.3, 0.4) is 0 Å². The highest BCUT2D eigenvalue weighted by Gasteiger charge is 2.33. The van der Waals surface area contributed by atoms with Gasteiger partial charge < -0.3 is 24.4 Å². The van der Waals surface area contributed by atoms with Crippen molar-refractivity contribution in [2.75, 3.05) is 41.0 Å². The molecule has 0 unspecified atom stereocenters. The van der Waals surface area contributed by atoms with Crippen molar-refractivity contribution in [3.05, 3.63) is 23.8 Å². The molecule has 0 aromatic heterocycles. The van der Waals surface area contributed by atoms with Crippen LogP contribution in [0.2, 0.25) is 0 Å². The second kappa shape index (κ2) is 8.54. The van der Waals surface area contributed by atoms with Crippen LogP contribution in [0, 0.1) is 5.92 Å². The molecule has 132 valence electrons. The lowest BCUT2D eigenvalue weighted by Crippen LogP contribution is -2.33. The molecule has 1 aliphatic heterocycles. The SMILES string of the molecule is COCCN1C[C@H](C(=O)NCc2ccc(OC)c(OC)c2)CC1=O.